The standard InChI is InChI=1S/C17H22N2O3/c20-15(12-19-5-7-22-8-6-19)10-13-9-14(11-18-21)17-4-2-1-3-16(13)17/h1-4,9,11,13,15,20-21H,5-8,10,12H2/b18-11+. The Balaban J connectivity index is 1.66. The molecule has 2 aliphatic rings. The molecule has 0 bridgehead atoms. The highest BCUT2D eigenvalue weighted by molar-refractivity contribution is 6.11. The topological polar surface area (TPSA) is 65.3 Å². The van der Waals surface area contributed by atoms with Crippen LogP contribution in [0.5, 0.6) is 0 Å². The molecule has 0 amide bonds. The normalized spacial score (nSPS) is 23.5. The number of rotatable bonds is 5. The first-order chi connectivity index (χ1) is 10.8. The molecule has 5 nitrogen and oxygen atoms in total. The zero-order valence-corrected chi connectivity index (χ0v) is 12.6. The van der Waals surface area contributed by atoms with Gasteiger partial charge >= 0.3 is 0 Å². The summed E-state index contributed by atoms with van der Waals surface area (Å²) in [6, 6.07) is 8.09. The van der Waals surface area contributed by atoms with Crippen molar-refractivity contribution in [1.29, 1.82) is 0 Å². The minimum Gasteiger partial charge on any atom is -0.411 e. The minimum absolute atomic E-state index is 0.167. The smallest absolute Gasteiger partial charge is 0.0736 e. The highest BCUT2D eigenvalue weighted by atomic mass is 16.5. The Kier molecular flexibility index (Phi) is 4.87. The first kappa shape index (κ1) is 15.2. The van der Waals surface area contributed by atoms with E-state index in [4.69, 9.17) is 9.94 Å². The summed E-state index contributed by atoms with van der Waals surface area (Å²) < 4.78 is 5.33. The van der Waals surface area contributed by atoms with Crippen LogP contribution in [0.3, 0.4) is 0 Å². The van der Waals surface area contributed by atoms with Gasteiger partial charge in [0, 0.05) is 31.1 Å². The summed E-state index contributed by atoms with van der Waals surface area (Å²) in [4.78, 5) is 2.24. The highest BCUT2D eigenvalue weighted by Gasteiger charge is 2.25. The molecule has 1 fully saturated rings. The number of allylic oxidation sites excluding steroid dienone is 2. The molecule has 1 heterocycles. The quantitative estimate of drug-likeness (QED) is 0.494. The molecule has 2 unspecified atom stereocenters. The van der Waals surface area contributed by atoms with Crippen molar-refractivity contribution < 1.29 is 15.1 Å². The van der Waals surface area contributed by atoms with Gasteiger partial charge in [-0.2, -0.15) is 0 Å². The third kappa shape index (κ3) is 3.38. The van der Waals surface area contributed by atoms with E-state index in [0.717, 1.165) is 37.4 Å². The Morgan fingerprint density at radius 1 is 1.32 bits per heavy atom. The fraction of sp³-hybridized carbons (Fsp3) is 0.471. The van der Waals surface area contributed by atoms with Gasteiger partial charge in [-0.3, -0.25) is 4.90 Å². The van der Waals surface area contributed by atoms with Crippen LogP contribution in [0.25, 0.3) is 5.57 Å². The Bertz CT molecular complexity index is 565. The lowest BCUT2D eigenvalue weighted by molar-refractivity contribution is 0.0126. The van der Waals surface area contributed by atoms with E-state index in [9.17, 15) is 5.11 Å². The maximum Gasteiger partial charge on any atom is 0.0736 e. The van der Waals surface area contributed by atoms with Crippen LogP contribution in [0.2, 0.25) is 0 Å². The van der Waals surface area contributed by atoms with Gasteiger partial charge in [0.05, 0.1) is 25.5 Å². The van der Waals surface area contributed by atoms with Crippen molar-refractivity contribution in [2.75, 3.05) is 32.8 Å². The van der Waals surface area contributed by atoms with E-state index in [-0.39, 0.29) is 12.0 Å². The summed E-state index contributed by atoms with van der Waals surface area (Å²) in [5.74, 6) is 0.167. The average molecular weight is 302 g/mol. The molecule has 0 spiro atoms. The molecule has 5 heteroatoms. The summed E-state index contributed by atoms with van der Waals surface area (Å²) in [6.07, 6.45) is 3.84. The van der Waals surface area contributed by atoms with E-state index >= 15 is 0 Å². The first-order valence-electron chi connectivity index (χ1n) is 7.74. The van der Waals surface area contributed by atoms with Gasteiger partial charge in [0.15, 0.2) is 0 Å². The van der Waals surface area contributed by atoms with E-state index in [2.05, 4.69) is 22.2 Å². The molecule has 1 saturated heterocycles. The monoisotopic (exact) mass is 302 g/mol. The molecule has 1 aromatic carbocycles. The summed E-state index contributed by atoms with van der Waals surface area (Å²) in [5.41, 5.74) is 3.20. The molecule has 1 aliphatic carbocycles. The fourth-order valence-electron chi connectivity index (χ4n) is 3.30. The van der Waals surface area contributed by atoms with Crippen LogP contribution in [0, 0.1) is 0 Å². The Labute approximate surface area is 130 Å². The molecule has 1 aromatic rings. The lowest BCUT2D eigenvalue weighted by Gasteiger charge is -2.29. The van der Waals surface area contributed by atoms with Crippen LogP contribution >= 0.6 is 0 Å². The van der Waals surface area contributed by atoms with Crippen molar-refractivity contribution in [2.45, 2.75) is 18.4 Å². The zero-order valence-electron chi connectivity index (χ0n) is 12.6. The molecule has 0 radical (unpaired) electrons. The van der Waals surface area contributed by atoms with Crippen molar-refractivity contribution in [3.63, 3.8) is 0 Å². The van der Waals surface area contributed by atoms with Gasteiger partial charge < -0.3 is 15.1 Å². The van der Waals surface area contributed by atoms with Crippen LogP contribution in [0.1, 0.15) is 23.5 Å². The van der Waals surface area contributed by atoms with E-state index in [0.29, 0.717) is 13.0 Å². The second-order valence-electron chi connectivity index (χ2n) is 5.86. The number of benzene rings is 1. The maximum absolute atomic E-state index is 10.4. The van der Waals surface area contributed by atoms with Crippen molar-refractivity contribution in [1.82, 2.24) is 4.90 Å². The first-order valence-corrected chi connectivity index (χ1v) is 7.74. The largest absolute Gasteiger partial charge is 0.411 e. The number of morpholine rings is 1. The lowest BCUT2D eigenvalue weighted by atomic mass is 9.94. The molecule has 118 valence electrons. The van der Waals surface area contributed by atoms with Crippen LogP contribution < -0.4 is 0 Å². The lowest BCUT2D eigenvalue weighted by Crippen LogP contribution is -2.41. The SMILES string of the molecule is O/N=C/C1=CC(CC(O)CN2CCOCC2)c2ccccc21. The molecule has 22 heavy (non-hydrogen) atoms. The van der Waals surface area contributed by atoms with Crippen molar-refractivity contribution >= 4 is 11.8 Å². The molecule has 2 atom stereocenters. The van der Waals surface area contributed by atoms with Crippen LogP contribution in [-0.2, 0) is 4.74 Å². The number of oxime groups is 1. The van der Waals surface area contributed by atoms with Crippen LogP contribution in [0.4, 0.5) is 0 Å². The Morgan fingerprint density at radius 3 is 2.86 bits per heavy atom. The number of hydrogen-bond acceptors (Lipinski definition) is 5. The second kappa shape index (κ2) is 7.05. The van der Waals surface area contributed by atoms with Crippen LogP contribution in [0.15, 0.2) is 35.5 Å². The summed E-state index contributed by atoms with van der Waals surface area (Å²) in [5, 5.41) is 22.4. The number of ether oxygens (including phenoxy) is 1. The Morgan fingerprint density at radius 2 is 2.09 bits per heavy atom. The van der Waals surface area contributed by atoms with Crippen LogP contribution in [-0.4, -0.2) is 60.4 Å². The fourth-order valence-corrected chi connectivity index (χ4v) is 3.30. The number of fused-ring (bicyclic) bond motifs is 1. The summed E-state index contributed by atoms with van der Waals surface area (Å²) >= 11 is 0. The number of hydrogen-bond donors (Lipinski definition) is 2. The summed E-state index contributed by atoms with van der Waals surface area (Å²) in [6.45, 7) is 3.94. The number of nitrogens with zero attached hydrogens (tertiary/aromatic N) is 2. The van der Waals surface area contributed by atoms with Crippen molar-refractivity contribution in [2.24, 2.45) is 5.16 Å². The molecule has 0 aromatic heterocycles. The average Bonchev–Trinajstić information content (AvgIpc) is 2.87. The number of aliphatic hydroxyl groups is 1. The summed E-state index contributed by atoms with van der Waals surface area (Å²) in [7, 11) is 0. The molecule has 2 N–H and O–H groups in total. The van der Waals surface area contributed by atoms with E-state index in [1.54, 1.807) is 0 Å². The number of aliphatic hydroxyl groups excluding tert-OH is 1. The van der Waals surface area contributed by atoms with Gasteiger partial charge in [-0.15, -0.1) is 0 Å². The maximum atomic E-state index is 10.4. The van der Waals surface area contributed by atoms with Gasteiger partial charge in [0.1, 0.15) is 0 Å². The molecular formula is C17H22N2O3. The highest BCUT2D eigenvalue weighted by Crippen LogP contribution is 2.37. The zero-order chi connectivity index (χ0) is 15.4. The van der Waals surface area contributed by atoms with Gasteiger partial charge in [-0.25, -0.2) is 0 Å². The third-order valence-corrected chi connectivity index (χ3v) is 4.35. The minimum atomic E-state index is -0.377. The van der Waals surface area contributed by atoms with Gasteiger partial charge in [-0.05, 0) is 17.5 Å². The van der Waals surface area contributed by atoms with Gasteiger partial charge in [0.25, 0.3) is 0 Å². The molecule has 1 aliphatic heterocycles. The van der Waals surface area contributed by atoms with E-state index < -0.39 is 0 Å². The number of β-amino-alcohol motifs (C(OH)–C–C–N with tert-alkyl or cyclic N) is 1. The molecular weight excluding hydrogens is 280 g/mol. The Hall–Kier alpha value is -1.69. The van der Waals surface area contributed by atoms with Gasteiger partial charge in [-0.1, -0.05) is 35.5 Å². The van der Waals surface area contributed by atoms with E-state index in [1.807, 2.05) is 18.2 Å². The predicted molar refractivity (Wildman–Crippen MR) is 85.3 cm³/mol. The molecule has 0 saturated carbocycles. The van der Waals surface area contributed by atoms with E-state index in [1.165, 1.54) is 11.8 Å². The molecule has 3 rings (SSSR count). The van der Waals surface area contributed by atoms with Crippen molar-refractivity contribution in [3.05, 3.63) is 41.5 Å². The van der Waals surface area contributed by atoms with Crippen molar-refractivity contribution in [3.8, 4) is 0 Å². The second-order valence-corrected chi connectivity index (χ2v) is 5.86. The third-order valence-electron chi connectivity index (χ3n) is 4.35. The predicted octanol–water partition coefficient (Wildman–Crippen LogP) is 1.71. The van der Waals surface area contributed by atoms with Gasteiger partial charge in [0.2, 0.25) is 0 Å².